The van der Waals surface area contributed by atoms with Gasteiger partial charge in [0.15, 0.2) is 0 Å². The molecule has 1 aliphatic rings. The minimum absolute atomic E-state index is 0.112. The molecular weight excluding hydrogens is 380 g/mol. The van der Waals surface area contributed by atoms with Crippen LogP contribution in [0.1, 0.15) is 23.6 Å². The maximum Gasteiger partial charge on any atom is 0.295 e. The van der Waals surface area contributed by atoms with Crippen molar-refractivity contribution in [3.8, 4) is 0 Å². The lowest BCUT2D eigenvalue weighted by Crippen LogP contribution is -2.32. The smallest absolute Gasteiger partial charge is 0.295 e. The molecule has 1 saturated heterocycles. The lowest BCUT2D eigenvalue weighted by atomic mass is 9.96. The van der Waals surface area contributed by atoms with Crippen LogP contribution in [-0.4, -0.2) is 63.7 Å². The van der Waals surface area contributed by atoms with Crippen LogP contribution in [0.5, 0.6) is 0 Å². The number of H-pyrrole nitrogens is 1. The van der Waals surface area contributed by atoms with Crippen molar-refractivity contribution in [2.75, 3.05) is 27.2 Å². The number of nitrogens with one attached hydrogen (secondary N) is 1. The van der Waals surface area contributed by atoms with Crippen LogP contribution in [0.3, 0.4) is 0 Å². The van der Waals surface area contributed by atoms with Gasteiger partial charge in [-0.25, -0.2) is 0 Å². The van der Waals surface area contributed by atoms with Gasteiger partial charge in [-0.2, -0.15) is 0 Å². The van der Waals surface area contributed by atoms with Crippen molar-refractivity contribution in [3.05, 3.63) is 71.7 Å². The summed E-state index contributed by atoms with van der Waals surface area (Å²) in [6.07, 6.45) is 5.64. The first-order chi connectivity index (χ1) is 14.5. The van der Waals surface area contributed by atoms with Crippen molar-refractivity contribution < 1.29 is 14.7 Å². The number of benzene rings is 1. The second kappa shape index (κ2) is 8.12. The van der Waals surface area contributed by atoms with Gasteiger partial charge in [0.05, 0.1) is 11.6 Å². The Balaban J connectivity index is 1.83. The van der Waals surface area contributed by atoms with Gasteiger partial charge in [0.1, 0.15) is 5.76 Å². The largest absolute Gasteiger partial charge is 0.507 e. The Labute approximate surface area is 174 Å². The number of aliphatic hydroxyl groups is 1. The number of carbonyl (C=O) groups is 2. The molecule has 1 fully saturated rings. The molecule has 7 nitrogen and oxygen atoms in total. The summed E-state index contributed by atoms with van der Waals surface area (Å²) in [4.78, 5) is 36.7. The Kier molecular flexibility index (Phi) is 5.37. The number of hydrogen-bond acceptors (Lipinski definition) is 5. The Bertz CT molecular complexity index is 1120. The van der Waals surface area contributed by atoms with Crippen LogP contribution in [0.15, 0.2) is 60.6 Å². The van der Waals surface area contributed by atoms with Gasteiger partial charge in [-0.1, -0.05) is 18.2 Å². The summed E-state index contributed by atoms with van der Waals surface area (Å²) in [6, 6.07) is 10.4. The number of fused-ring (bicyclic) bond motifs is 1. The molecule has 2 N–H and O–H groups in total. The minimum atomic E-state index is -0.663. The number of carbonyl (C=O) groups excluding carboxylic acids is 2. The molecular formula is C23H24N4O3. The van der Waals surface area contributed by atoms with Crippen LogP contribution in [0.25, 0.3) is 16.7 Å². The Hall–Kier alpha value is -3.45. The molecule has 1 aliphatic heterocycles. The summed E-state index contributed by atoms with van der Waals surface area (Å²) >= 11 is 0. The highest BCUT2D eigenvalue weighted by Gasteiger charge is 2.46. The predicted molar refractivity (Wildman–Crippen MR) is 115 cm³/mol. The van der Waals surface area contributed by atoms with Crippen LogP contribution in [-0.2, 0) is 9.59 Å². The fourth-order valence-corrected chi connectivity index (χ4v) is 3.97. The summed E-state index contributed by atoms with van der Waals surface area (Å²) in [5.74, 6) is -1.41. The molecule has 0 spiro atoms. The third-order valence-electron chi connectivity index (χ3n) is 5.41. The zero-order valence-electron chi connectivity index (χ0n) is 17.0. The van der Waals surface area contributed by atoms with Gasteiger partial charge >= 0.3 is 0 Å². The quantitative estimate of drug-likeness (QED) is 0.375. The second-order valence-electron chi connectivity index (χ2n) is 7.68. The molecule has 3 heterocycles. The van der Waals surface area contributed by atoms with Crippen molar-refractivity contribution in [3.63, 3.8) is 0 Å². The third kappa shape index (κ3) is 3.48. The molecule has 7 heteroatoms. The summed E-state index contributed by atoms with van der Waals surface area (Å²) in [6.45, 7) is 1.20. The van der Waals surface area contributed by atoms with Crippen LogP contribution in [0, 0.1) is 0 Å². The van der Waals surface area contributed by atoms with Crippen molar-refractivity contribution in [2.24, 2.45) is 0 Å². The Morgan fingerprint density at radius 3 is 2.63 bits per heavy atom. The average molecular weight is 404 g/mol. The number of nitrogens with zero attached hydrogens (tertiary/aromatic N) is 3. The molecule has 0 radical (unpaired) electrons. The fraction of sp³-hybridized carbons (Fsp3) is 0.261. The number of pyridine rings is 1. The zero-order chi connectivity index (χ0) is 21.3. The van der Waals surface area contributed by atoms with Crippen LogP contribution < -0.4 is 0 Å². The molecule has 1 atom stereocenters. The topological polar surface area (TPSA) is 89.5 Å². The van der Waals surface area contributed by atoms with E-state index in [1.165, 1.54) is 0 Å². The van der Waals surface area contributed by atoms with E-state index in [2.05, 4.69) is 9.97 Å². The molecule has 4 rings (SSSR count). The number of rotatable bonds is 6. The highest BCUT2D eigenvalue weighted by atomic mass is 16.3. The van der Waals surface area contributed by atoms with Crippen molar-refractivity contribution in [2.45, 2.75) is 12.5 Å². The minimum Gasteiger partial charge on any atom is -0.507 e. The first-order valence-electron chi connectivity index (χ1n) is 9.88. The normalized spacial score (nSPS) is 18.6. The SMILES string of the molecule is CN(C)CCCN1C(=O)C(=O)C(=C(O)c2c[nH]c3ccccc23)C1c1ccncc1. The molecule has 0 saturated carbocycles. The lowest BCUT2D eigenvalue weighted by Gasteiger charge is -2.25. The van der Waals surface area contributed by atoms with Gasteiger partial charge in [0, 0.05) is 41.6 Å². The maximum absolute atomic E-state index is 13.0. The molecule has 3 aromatic rings. The van der Waals surface area contributed by atoms with E-state index in [0.717, 1.165) is 23.0 Å². The van der Waals surface area contributed by atoms with Crippen LogP contribution in [0.2, 0.25) is 0 Å². The lowest BCUT2D eigenvalue weighted by molar-refractivity contribution is -0.139. The van der Waals surface area contributed by atoms with Crippen molar-refractivity contribution in [1.29, 1.82) is 0 Å². The number of likely N-dealkylation sites (tertiary alicyclic amines) is 1. The monoisotopic (exact) mass is 404 g/mol. The summed E-state index contributed by atoms with van der Waals surface area (Å²) in [7, 11) is 3.93. The van der Waals surface area contributed by atoms with E-state index < -0.39 is 17.7 Å². The molecule has 0 bridgehead atoms. The van der Waals surface area contributed by atoms with Crippen molar-refractivity contribution >= 4 is 28.4 Å². The van der Waals surface area contributed by atoms with Gasteiger partial charge in [0.2, 0.25) is 0 Å². The number of Topliss-reactive ketones (excluding diaryl/α,β-unsaturated/α-hetero) is 1. The van der Waals surface area contributed by atoms with E-state index in [-0.39, 0.29) is 11.3 Å². The number of hydrogen-bond donors (Lipinski definition) is 2. The van der Waals surface area contributed by atoms with E-state index in [9.17, 15) is 14.7 Å². The van der Waals surface area contributed by atoms with Gasteiger partial charge in [-0.3, -0.25) is 14.6 Å². The Morgan fingerprint density at radius 1 is 1.17 bits per heavy atom. The zero-order valence-corrected chi connectivity index (χ0v) is 17.0. The summed E-state index contributed by atoms with van der Waals surface area (Å²) < 4.78 is 0. The number of aromatic amines is 1. The number of aliphatic hydroxyl groups excluding tert-OH is 1. The van der Waals surface area contributed by atoms with E-state index in [1.54, 1.807) is 35.6 Å². The summed E-state index contributed by atoms with van der Waals surface area (Å²) in [5, 5.41) is 12.0. The molecule has 30 heavy (non-hydrogen) atoms. The van der Waals surface area contributed by atoms with Crippen molar-refractivity contribution in [1.82, 2.24) is 19.8 Å². The number of para-hydroxylation sites is 1. The standard InChI is InChI=1S/C23H24N4O3/c1-26(2)12-5-13-27-20(15-8-10-24-11-9-15)19(22(29)23(27)30)21(28)17-14-25-18-7-4-3-6-16(17)18/h3-4,6-11,14,20,25,28H,5,12-13H2,1-2H3. The van der Waals surface area contributed by atoms with E-state index in [4.69, 9.17) is 0 Å². The summed E-state index contributed by atoms with van der Waals surface area (Å²) in [5.41, 5.74) is 2.21. The molecule has 1 unspecified atom stereocenters. The molecule has 2 aromatic heterocycles. The van der Waals surface area contributed by atoms with Gasteiger partial charge < -0.3 is 19.9 Å². The van der Waals surface area contributed by atoms with Gasteiger partial charge in [0.25, 0.3) is 11.7 Å². The first kappa shape index (κ1) is 19.8. The third-order valence-corrected chi connectivity index (χ3v) is 5.41. The van der Waals surface area contributed by atoms with E-state index in [0.29, 0.717) is 18.5 Å². The molecule has 154 valence electrons. The van der Waals surface area contributed by atoms with Gasteiger partial charge in [-0.05, 0) is 50.8 Å². The number of aromatic nitrogens is 2. The van der Waals surface area contributed by atoms with Crippen LogP contribution in [0.4, 0.5) is 0 Å². The number of ketones is 1. The maximum atomic E-state index is 13.0. The number of amides is 1. The highest BCUT2D eigenvalue weighted by Crippen LogP contribution is 2.40. The predicted octanol–water partition coefficient (Wildman–Crippen LogP) is 2.94. The highest BCUT2D eigenvalue weighted by molar-refractivity contribution is 6.46. The van der Waals surface area contributed by atoms with E-state index in [1.807, 2.05) is 43.3 Å². The molecule has 1 amide bonds. The second-order valence-corrected chi connectivity index (χ2v) is 7.68. The molecule has 1 aromatic carbocycles. The van der Waals surface area contributed by atoms with E-state index >= 15 is 0 Å². The fourth-order valence-electron chi connectivity index (χ4n) is 3.97. The Morgan fingerprint density at radius 2 is 1.90 bits per heavy atom. The molecule has 0 aliphatic carbocycles. The first-order valence-corrected chi connectivity index (χ1v) is 9.88. The average Bonchev–Trinajstić information content (AvgIpc) is 3.28. The van der Waals surface area contributed by atoms with Crippen LogP contribution >= 0.6 is 0 Å². The van der Waals surface area contributed by atoms with Gasteiger partial charge in [-0.15, -0.1) is 0 Å².